The summed E-state index contributed by atoms with van der Waals surface area (Å²) in [4.78, 5) is 22.3. The molecule has 0 radical (unpaired) electrons. The van der Waals surface area contributed by atoms with Crippen LogP contribution in [0.5, 0.6) is 5.75 Å². The van der Waals surface area contributed by atoms with Crippen molar-refractivity contribution in [2.75, 3.05) is 24.7 Å². The summed E-state index contributed by atoms with van der Waals surface area (Å²) in [5.41, 5.74) is 2.26. The molecule has 1 aromatic carbocycles. The van der Waals surface area contributed by atoms with Crippen LogP contribution in [0.2, 0.25) is 0 Å². The minimum absolute atomic E-state index is 0.119. The second-order valence-electron chi connectivity index (χ2n) is 5.77. The molecule has 8 heteroatoms. The van der Waals surface area contributed by atoms with Crippen LogP contribution in [0.3, 0.4) is 0 Å². The molecule has 0 unspecified atom stereocenters. The molecular formula is C19H30O5S2Si. The summed E-state index contributed by atoms with van der Waals surface area (Å²) in [6, 6.07) is 6.16. The van der Waals surface area contributed by atoms with E-state index in [9.17, 15) is 9.59 Å². The van der Waals surface area contributed by atoms with E-state index in [2.05, 4.69) is 6.07 Å². The Hall–Kier alpha value is -0.803. The molecule has 27 heavy (non-hydrogen) atoms. The molecule has 0 aliphatic carbocycles. The maximum absolute atomic E-state index is 11.2. The Morgan fingerprint density at radius 3 is 2.15 bits per heavy atom. The second-order valence-corrected chi connectivity index (χ2v) is 9.61. The average molecular weight is 431 g/mol. The third-order valence-corrected chi connectivity index (χ3v) is 6.43. The molecule has 0 spiro atoms. The SMILES string of the molecule is CCOC(OCC)[SiH2]Oc1ccc(CCSC(C)=O)cc1CCSC(C)=O. The van der Waals surface area contributed by atoms with E-state index < -0.39 is 9.76 Å². The van der Waals surface area contributed by atoms with Crippen LogP contribution < -0.4 is 4.43 Å². The van der Waals surface area contributed by atoms with Crippen molar-refractivity contribution in [2.45, 2.75) is 46.4 Å². The van der Waals surface area contributed by atoms with Gasteiger partial charge in [-0.1, -0.05) is 35.7 Å². The Bertz CT molecular complexity index is 591. The molecule has 0 aliphatic rings. The topological polar surface area (TPSA) is 61.8 Å². The summed E-state index contributed by atoms with van der Waals surface area (Å²) in [6.07, 6.45) is 1.59. The van der Waals surface area contributed by atoms with Crippen LogP contribution in [-0.4, -0.2) is 50.6 Å². The van der Waals surface area contributed by atoms with Crippen LogP contribution in [0.4, 0.5) is 0 Å². The molecule has 1 rings (SSSR count). The van der Waals surface area contributed by atoms with Crippen LogP contribution in [0.25, 0.3) is 0 Å². The summed E-state index contributed by atoms with van der Waals surface area (Å²) in [5.74, 6) is 2.08. The third-order valence-electron chi connectivity index (χ3n) is 3.58. The average Bonchev–Trinajstić information content (AvgIpc) is 2.60. The standard InChI is InChI=1S/C19H30O5S2Si/c1-5-22-19(23-6-2)27-24-18-8-7-16(9-11-25-14(3)20)13-17(18)10-12-26-15(4)21/h7-8,13,19H,5-6,9-12,27H2,1-4H3. The molecule has 0 saturated carbocycles. The van der Waals surface area contributed by atoms with Gasteiger partial charge in [-0.2, -0.15) is 0 Å². The highest BCUT2D eigenvalue weighted by atomic mass is 32.2. The second kappa shape index (κ2) is 14.2. The number of thioether (sulfide) groups is 2. The van der Waals surface area contributed by atoms with E-state index in [-0.39, 0.29) is 16.1 Å². The highest BCUT2D eigenvalue weighted by molar-refractivity contribution is 8.13. The lowest BCUT2D eigenvalue weighted by molar-refractivity contribution is -0.109. The predicted octanol–water partition coefficient (Wildman–Crippen LogP) is 3.15. The van der Waals surface area contributed by atoms with Crippen molar-refractivity contribution >= 4 is 43.5 Å². The summed E-state index contributed by atoms with van der Waals surface area (Å²) in [6.45, 7) is 8.24. The van der Waals surface area contributed by atoms with E-state index in [1.807, 2.05) is 26.0 Å². The molecule has 1 aromatic rings. The van der Waals surface area contributed by atoms with E-state index in [0.717, 1.165) is 35.7 Å². The smallest absolute Gasteiger partial charge is 0.278 e. The van der Waals surface area contributed by atoms with Crippen LogP contribution in [-0.2, 0) is 31.9 Å². The summed E-state index contributed by atoms with van der Waals surface area (Å²) in [7, 11) is -1.06. The molecule has 0 atom stereocenters. The number of hydrogen-bond acceptors (Lipinski definition) is 7. The van der Waals surface area contributed by atoms with Crippen molar-refractivity contribution in [3.05, 3.63) is 29.3 Å². The Kier molecular flexibility index (Phi) is 12.8. The number of carbonyl (C=O) groups excluding carboxylic acids is 2. The van der Waals surface area contributed by atoms with Crippen molar-refractivity contribution in [1.82, 2.24) is 0 Å². The van der Waals surface area contributed by atoms with Crippen LogP contribution in [0.15, 0.2) is 18.2 Å². The van der Waals surface area contributed by atoms with Crippen molar-refractivity contribution in [3.8, 4) is 5.75 Å². The number of aryl methyl sites for hydroxylation is 2. The Morgan fingerprint density at radius 1 is 1.00 bits per heavy atom. The molecule has 0 N–H and O–H groups in total. The Labute approximate surface area is 173 Å². The zero-order chi connectivity index (χ0) is 20.1. The van der Waals surface area contributed by atoms with Crippen LogP contribution in [0.1, 0.15) is 38.8 Å². The molecule has 0 aromatic heterocycles. The van der Waals surface area contributed by atoms with E-state index in [1.54, 1.807) is 13.8 Å². The summed E-state index contributed by atoms with van der Waals surface area (Å²) in [5, 5.41) is 0.255. The van der Waals surface area contributed by atoms with Crippen molar-refractivity contribution < 1.29 is 23.5 Å². The predicted molar refractivity (Wildman–Crippen MR) is 116 cm³/mol. The van der Waals surface area contributed by atoms with Gasteiger partial charge in [0.1, 0.15) is 5.75 Å². The first-order valence-electron chi connectivity index (χ1n) is 9.20. The Balaban J connectivity index is 2.79. The largest absolute Gasteiger partial charge is 0.544 e. The lowest BCUT2D eigenvalue weighted by Gasteiger charge is -2.19. The summed E-state index contributed by atoms with van der Waals surface area (Å²) >= 11 is 2.66. The first-order valence-corrected chi connectivity index (χ1v) is 12.6. The van der Waals surface area contributed by atoms with Crippen molar-refractivity contribution in [1.29, 1.82) is 0 Å². The minimum atomic E-state index is -1.06. The molecule has 0 aliphatic heterocycles. The maximum atomic E-state index is 11.2. The fourth-order valence-electron chi connectivity index (χ4n) is 2.42. The molecule has 5 nitrogen and oxygen atoms in total. The zero-order valence-electron chi connectivity index (χ0n) is 16.6. The molecule has 0 heterocycles. The van der Waals surface area contributed by atoms with E-state index >= 15 is 0 Å². The van der Waals surface area contributed by atoms with Gasteiger partial charge in [0, 0.05) is 38.6 Å². The highest BCUT2D eigenvalue weighted by Gasteiger charge is 2.13. The minimum Gasteiger partial charge on any atom is -0.544 e. The molecule has 0 amide bonds. The van der Waals surface area contributed by atoms with Crippen LogP contribution in [0, 0.1) is 0 Å². The van der Waals surface area contributed by atoms with Gasteiger partial charge in [0.25, 0.3) is 9.76 Å². The third kappa shape index (κ3) is 10.9. The maximum Gasteiger partial charge on any atom is 0.278 e. The van der Waals surface area contributed by atoms with Gasteiger partial charge in [0.15, 0.2) is 16.1 Å². The fraction of sp³-hybridized carbons (Fsp3) is 0.579. The van der Waals surface area contributed by atoms with E-state index in [4.69, 9.17) is 13.9 Å². The molecule has 0 bridgehead atoms. The van der Waals surface area contributed by atoms with Gasteiger partial charge in [-0.05, 0) is 43.9 Å². The number of benzene rings is 1. The van der Waals surface area contributed by atoms with Crippen molar-refractivity contribution in [2.24, 2.45) is 0 Å². The quantitative estimate of drug-likeness (QED) is 0.352. The lowest BCUT2D eigenvalue weighted by atomic mass is 10.1. The van der Waals surface area contributed by atoms with Crippen molar-refractivity contribution in [3.63, 3.8) is 0 Å². The normalized spacial score (nSPS) is 11.4. The van der Waals surface area contributed by atoms with Gasteiger partial charge >= 0.3 is 0 Å². The molecule has 0 saturated heterocycles. The molecule has 152 valence electrons. The number of rotatable bonds is 13. The van der Waals surface area contributed by atoms with Crippen LogP contribution >= 0.6 is 23.5 Å². The fourth-order valence-corrected chi connectivity index (χ4v) is 4.91. The van der Waals surface area contributed by atoms with Gasteiger partial charge in [-0.25, -0.2) is 0 Å². The number of carbonyl (C=O) groups is 2. The number of hydrogen-bond donors (Lipinski definition) is 0. The molecule has 0 fully saturated rings. The van der Waals surface area contributed by atoms with Gasteiger partial charge in [0.2, 0.25) is 0 Å². The monoisotopic (exact) mass is 430 g/mol. The molecular weight excluding hydrogens is 400 g/mol. The van der Waals surface area contributed by atoms with E-state index in [1.165, 1.54) is 29.1 Å². The highest BCUT2D eigenvalue weighted by Crippen LogP contribution is 2.23. The first-order chi connectivity index (χ1) is 13.0. The Morgan fingerprint density at radius 2 is 1.59 bits per heavy atom. The van der Waals surface area contributed by atoms with Gasteiger partial charge in [-0.15, -0.1) is 0 Å². The lowest BCUT2D eigenvalue weighted by Crippen LogP contribution is -2.29. The van der Waals surface area contributed by atoms with Gasteiger partial charge < -0.3 is 13.9 Å². The zero-order valence-corrected chi connectivity index (χ0v) is 19.7. The van der Waals surface area contributed by atoms with Gasteiger partial charge in [-0.3, -0.25) is 9.59 Å². The number of ether oxygens (including phenoxy) is 2. The van der Waals surface area contributed by atoms with E-state index in [0.29, 0.717) is 13.2 Å². The first kappa shape index (κ1) is 24.2. The van der Waals surface area contributed by atoms with Gasteiger partial charge in [0.05, 0.1) is 0 Å². The summed E-state index contributed by atoms with van der Waals surface area (Å²) < 4.78 is 17.3.